The Kier molecular flexibility index (Phi) is 9.10. The highest BCUT2D eigenvalue weighted by Crippen LogP contribution is 2.34. The number of carbonyl (C=O) groups excluding carboxylic acids is 1. The van der Waals surface area contributed by atoms with Crippen LogP contribution in [0, 0.1) is 5.41 Å². The molecule has 12 heteroatoms. The maximum Gasteiger partial charge on any atom is 0.276 e. The molecule has 0 saturated carbocycles. The number of aromatic nitrogens is 5. The molecule has 1 amide bonds. The minimum absolute atomic E-state index is 0.141. The summed E-state index contributed by atoms with van der Waals surface area (Å²) in [4.78, 5) is 35.7. The predicted octanol–water partition coefficient (Wildman–Crippen LogP) is 4.17. The van der Waals surface area contributed by atoms with Gasteiger partial charge in [-0.2, -0.15) is 5.10 Å². The van der Waals surface area contributed by atoms with E-state index in [1.165, 1.54) is 4.57 Å². The SMILES string of the molecule is CCC(C)(C)Cc1cc2n(c1)CCN(c1nccc(-c3cc(Nc4cc5n(n4)CCN([C@H](C)COC)C5)c(=O)n(C)c3)c1CO)C2=O. The van der Waals surface area contributed by atoms with E-state index in [1.807, 2.05) is 27.4 Å². The van der Waals surface area contributed by atoms with E-state index in [0.29, 0.717) is 59.4 Å². The van der Waals surface area contributed by atoms with E-state index in [4.69, 9.17) is 9.84 Å². The highest BCUT2D eigenvalue weighted by molar-refractivity contribution is 6.06. The van der Waals surface area contributed by atoms with Gasteiger partial charge in [0, 0.05) is 82.2 Å². The molecule has 1 atom stereocenters. The number of methoxy groups -OCH3 is 1. The lowest BCUT2D eigenvalue weighted by Gasteiger charge is -2.32. The second kappa shape index (κ2) is 13.1. The molecule has 0 unspecified atom stereocenters. The molecule has 0 saturated heterocycles. The fourth-order valence-electron chi connectivity index (χ4n) is 6.66. The molecule has 250 valence electrons. The molecule has 0 fully saturated rings. The summed E-state index contributed by atoms with van der Waals surface area (Å²) in [5.41, 5.74) is 5.07. The number of carbonyl (C=O) groups is 1. The number of anilines is 3. The van der Waals surface area contributed by atoms with Crippen LogP contribution in [0.3, 0.4) is 0 Å². The standard InChI is InChI=1S/C35H46N8O4/c1-7-35(3,4)17-24-14-30-34(46)42(12-10-41(30)18-24)32-28(21-44)27(8-9-36-32)25-15-29(33(45)39(5)19-25)37-31-16-26-20-40(23(2)22-47-6)11-13-43(26)38-31/h8-9,14-16,18-19,23,44H,7,10-13,17,20-22H2,1-6H3,(H,37,38)/t23-/m1/s1. The number of aliphatic hydroxyl groups excluding tert-OH is 1. The largest absolute Gasteiger partial charge is 0.392 e. The van der Waals surface area contributed by atoms with E-state index in [9.17, 15) is 14.7 Å². The van der Waals surface area contributed by atoms with Crippen LogP contribution in [-0.2, 0) is 44.4 Å². The highest BCUT2D eigenvalue weighted by atomic mass is 16.5. The first kappa shape index (κ1) is 32.7. The van der Waals surface area contributed by atoms with E-state index < -0.39 is 0 Å². The Morgan fingerprint density at radius 3 is 2.66 bits per heavy atom. The lowest BCUT2D eigenvalue weighted by Crippen LogP contribution is -2.41. The molecule has 0 bridgehead atoms. The van der Waals surface area contributed by atoms with Gasteiger partial charge < -0.3 is 24.3 Å². The zero-order chi connectivity index (χ0) is 33.5. The van der Waals surface area contributed by atoms with Gasteiger partial charge in [0.1, 0.15) is 17.2 Å². The van der Waals surface area contributed by atoms with Gasteiger partial charge in [0.2, 0.25) is 0 Å². The van der Waals surface area contributed by atoms with Crippen molar-refractivity contribution in [1.82, 2.24) is 28.8 Å². The maximum absolute atomic E-state index is 13.8. The minimum Gasteiger partial charge on any atom is -0.392 e. The molecule has 2 N–H and O–H groups in total. The smallest absolute Gasteiger partial charge is 0.276 e. The van der Waals surface area contributed by atoms with Crippen molar-refractivity contribution in [2.75, 3.05) is 37.0 Å². The first-order valence-corrected chi connectivity index (χ1v) is 16.4. The first-order valence-electron chi connectivity index (χ1n) is 16.4. The van der Waals surface area contributed by atoms with Gasteiger partial charge in [0.25, 0.3) is 11.5 Å². The number of aliphatic hydroxyl groups is 1. The number of pyridine rings is 2. The second-order valence-electron chi connectivity index (χ2n) is 13.6. The van der Waals surface area contributed by atoms with Crippen molar-refractivity contribution in [1.29, 1.82) is 0 Å². The van der Waals surface area contributed by atoms with Gasteiger partial charge >= 0.3 is 0 Å². The Morgan fingerprint density at radius 2 is 1.91 bits per heavy atom. The van der Waals surface area contributed by atoms with Gasteiger partial charge in [0.15, 0.2) is 5.82 Å². The van der Waals surface area contributed by atoms with E-state index in [1.54, 1.807) is 37.5 Å². The second-order valence-corrected chi connectivity index (χ2v) is 13.6. The molecule has 2 aliphatic heterocycles. The first-order chi connectivity index (χ1) is 22.5. The van der Waals surface area contributed by atoms with Crippen LogP contribution >= 0.6 is 0 Å². The molecule has 4 aromatic rings. The molecule has 0 spiro atoms. The zero-order valence-corrected chi connectivity index (χ0v) is 28.3. The Morgan fingerprint density at radius 1 is 1.11 bits per heavy atom. The third-order valence-electron chi connectivity index (χ3n) is 9.68. The summed E-state index contributed by atoms with van der Waals surface area (Å²) in [5.74, 6) is 0.880. The number of hydrogen-bond donors (Lipinski definition) is 2. The molecule has 12 nitrogen and oxygen atoms in total. The van der Waals surface area contributed by atoms with Crippen LogP contribution in [0.1, 0.15) is 61.4 Å². The summed E-state index contributed by atoms with van der Waals surface area (Å²) >= 11 is 0. The van der Waals surface area contributed by atoms with Gasteiger partial charge in [-0.25, -0.2) is 4.98 Å². The number of aryl methyl sites for hydroxylation is 1. The Labute approximate surface area is 275 Å². The quantitative estimate of drug-likeness (QED) is 0.250. The van der Waals surface area contributed by atoms with Crippen molar-refractivity contribution in [2.24, 2.45) is 12.5 Å². The molecule has 0 radical (unpaired) electrons. The van der Waals surface area contributed by atoms with Gasteiger partial charge in [-0.05, 0) is 48.1 Å². The number of ether oxygens (including phenoxy) is 1. The van der Waals surface area contributed by atoms with E-state index in [0.717, 1.165) is 43.7 Å². The van der Waals surface area contributed by atoms with Crippen LogP contribution in [0.4, 0.5) is 17.3 Å². The number of rotatable bonds is 11. The molecule has 4 aromatic heterocycles. The summed E-state index contributed by atoms with van der Waals surface area (Å²) in [6.45, 7) is 12.6. The third-order valence-corrected chi connectivity index (χ3v) is 9.68. The average molecular weight is 643 g/mol. The van der Waals surface area contributed by atoms with Crippen molar-refractivity contribution < 1.29 is 14.6 Å². The monoisotopic (exact) mass is 642 g/mol. The zero-order valence-electron chi connectivity index (χ0n) is 28.3. The van der Waals surface area contributed by atoms with Crippen LogP contribution < -0.4 is 15.8 Å². The summed E-state index contributed by atoms with van der Waals surface area (Å²) in [7, 11) is 3.41. The number of fused-ring (bicyclic) bond motifs is 2. The molecule has 0 aliphatic carbocycles. The predicted molar refractivity (Wildman–Crippen MR) is 182 cm³/mol. The Balaban J connectivity index is 1.28. The van der Waals surface area contributed by atoms with Crippen molar-refractivity contribution in [3.8, 4) is 11.1 Å². The lowest BCUT2D eigenvalue weighted by atomic mass is 9.84. The van der Waals surface area contributed by atoms with Gasteiger partial charge in [-0.1, -0.05) is 27.2 Å². The number of hydrogen-bond acceptors (Lipinski definition) is 8. The lowest BCUT2D eigenvalue weighted by molar-refractivity contribution is 0.0797. The van der Waals surface area contributed by atoms with Gasteiger partial charge in [-0.15, -0.1) is 0 Å². The van der Waals surface area contributed by atoms with Crippen molar-refractivity contribution in [2.45, 2.75) is 72.8 Å². The highest BCUT2D eigenvalue weighted by Gasteiger charge is 2.31. The molecular formula is C35H46N8O4. The third kappa shape index (κ3) is 6.50. The van der Waals surface area contributed by atoms with Gasteiger partial charge in [-0.3, -0.25) is 24.1 Å². The summed E-state index contributed by atoms with van der Waals surface area (Å²) in [6.07, 6.45) is 7.42. The van der Waals surface area contributed by atoms with Crippen LogP contribution in [0.15, 0.2) is 47.7 Å². The number of amides is 1. The molecule has 47 heavy (non-hydrogen) atoms. The summed E-state index contributed by atoms with van der Waals surface area (Å²) < 4.78 is 10.9. The normalized spacial score (nSPS) is 15.9. The molecule has 2 aliphatic rings. The van der Waals surface area contributed by atoms with E-state index >= 15 is 0 Å². The summed E-state index contributed by atoms with van der Waals surface area (Å²) in [6, 6.07) is 7.85. The number of nitrogens with zero attached hydrogens (tertiary/aromatic N) is 7. The van der Waals surface area contributed by atoms with Crippen LogP contribution in [-0.4, -0.2) is 72.7 Å². The van der Waals surface area contributed by atoms with E-state index in [-0.39, 0.29) is 29.5 Å². The fraction of sp³-hybridized carbons (Fsp3) is 0.486. The van der Waals surface area contributed by atoms with Crippen molar-refractivity contribution >= 4 is 23.2 Å². The Hall–Kier alpha value is -4.26. The maximum atomic E-state index is 13.8. The molecule has 6 rings (SSSR count). The van der Waals surface area contributed by atoms with Crippen LogP contribution in [0.2, 0.25) is 0 Å². The Bertz CT molecular complexity index is 1840. The average Bonchev–Trinajstić information content (AvgIpc) is 3.65. The van der Waals surface area contributed by atoms with Crippen molar-refractivity contribution in [3.63, 3.8) is 0 Å². The molecule has 0 aromatic carbocycles. The van der Waals surface area contributed by atoms with Crippen LogP contribution in [0.5, 0.6) is 0 Å². The topological polar surface area (TPSA) is 123 Å². The molecule has 6 heterocycles. The van der Waals surface area contributed by atoms with Gasteiger partial charge in [0.05, 0.1) is 25.5 Å². The number of nitrogens with one attached hydrogen (secondary N) is 1. The summed E-state index contributed by atoms with van der Waals surface area (Å²) in [5, 5.41) is 18.6. The molecular weight excluding hydrogens is 596 g/mol. The minimum atomic E-state index is -0.323. The van der Waals surface area contributed by atoms with Crippen molar-refractivity contribution in [3.05, 3.63) is 75.7 Å². The fourth-order valence-corrected chi connectivity index (χ4v) is 6.66. The van der Waals surface area contributed by atoms with E-state index in [2.05, 4.69) is 49.1 Å². The van der Waals surface area contributed by atoms with Crippen LogP contribution in [0.25, 0.3) is 11.1 Å².